The predicted octanol–water partition coefficient (Wildman–Crippen LogP) is 5.19. The van der Waals surface area contributed by atoms with E-state index in [9.17, 15) is 4.79 Å². The molecule has 0 bridgehead atoms. The summed E-state index contributed by atoms with van der Waals surface area (Å²) in [5.74, 6) is 2.97. The molecule has 1 amide bonds. The van der Waals surface area contributed by atoms with Gasteiger partial charge in [-0.1, -0.05) is 30.3 Å². The van der Waals surface area contributed by atoms with Crippen LogP contribution in [0.2, 0.25) is 0 Å². The van der Waals surface area contributed by atoms with E-state index < -0.39 is 0 Å². The zero-order valence-corrected chi connectivity index (χ0v) is 20.2. The second kappa shape index (κ2) is 10.5. The van der Waals surface area contributed by atoms with Crippen LogP contribution < -0.4 is 14.8 Å². The van der Waals surface area contributed by atoms with Gasteiger partial charge in [0, 0.05) is 22.8 Å². The Morgan fingerprint density at radius 1 is 1.09 bits per heavy atom. The molecule has 0 fully saturated rings. The molecule has 0 radical (unpaired) electrons. The second-order valence-corrected chi connectivity index (χ2v) is 9.02. The van der Waals surface area contributed by atoms with Crippen LogP contribution in [0.4, 0.5) is 5.82 Å². The molecule has 33 heavy (non-hydrogen) atoms. The van der Waals surface area contributed by atoms with Gasteiger partial charge in [0.1, 0.15) is 5.82 Å². The molecule has 170 valence electrons. The fourth-order valence-electron chi connectivity index (χ4n) is 3.24. The van der Waals surface area contributed by atoms with Gasteiger partial charge in [0.25, 0.3) is 0 Å². The summed E-state index contributed by atoms with van der Waals surface area (Å²) in [6.07, 6.45) is 0. The number of nitrogens with zero attached hydrogens (tertiary/aromatic N) is 3. The predicted molar refractivity (Wildman–Crippen MR) is 134 cm³/mol. The van der Waals surface area contributed by atoms with Gasteiger partial charge in [-0.15, -0.1) is 23.1 Å². The monoisotopic (exact) mass is 480 g/mol. The normalized spacial score (nSPS) is 10.8. The standard InChI is InChI=1S/C24H24N4O3S2/c1-16-11-22(26-23(29)15-32-13-17-7-5-4-6-8-17)28(27-16)24-25-19(14-33-24)18-9-10-20(30-2)21(12-18)31-3/h4-12,14H,13,15H2,1-3H3,(H,26,29). The number of anilines is 1. The minimum atomic E-state index is -0.0752. The van der Waals surface area contributed by atoms with Gasteiger partial charge in [0.2, 0.25) is 11.0 Å². The number of aryl methyl sites for hydroxylation is 1. The number of nitrogens with one attached hydrogen (secondary N) is 1. The first-order chi connectivity index (χ1) is 16.1. The van der Waals surface area contributed by atoms with Gasteiger partial charge in [-0.3, -0.25) is 4.79 Å². The molecule has 0 aliphatic rings. The molecule has 2 heterocycles. The van der Waals surface area contributed by atoms with Crippen LogP contribution in [0.3, 0.4) is 0 Å². The summed E-state index contributed by atoms with van der Waals surface area (Å²) < 4.78 is 12.4. The van der Waals surface area contributed by atoms with E-state index in [1.807, 2.05) is 54.8 Å². The summed E-state index contributed by atoms with van der Waals surface area (Å²) >= 11 is 3.02. The van der Waals surface area contributed by atoms with Crippen LogP contribution in [0.5, 0.6) is 11.5 Å². The molecule has 0 aliphatic heterocycles. The van der Waals surface area contributed by atoms with Crippen molar-refractivity contribution in [1.82, 2.24) is 14.8 Å². The molecule has 0 saturated heterocycles. The van der Waals surface area contributed by atoms with E-state index >= 15 is 0 Å². The average molecular weight is 481 g/mol. The van der Waals surface area contributed by atoms with Crippen molar-refractivity contribution in [2.24, 2.45) is 0 Å². The Morgan fingerprint density at radius 3 is 2.64 bits per heavy atom. The van der Waals surface area contributed by atoms with Crippen LogP contribution in [0.1, 0.15) is 11.3 Å². The topological polar surface area (TPSA) is 78.3 Å². The van der Waals surface area contributed by atoms with Crippen molar-refractivity contribution in [2.75, 3.05) is 25.3 Å². The number of hydrogen-bond acceptors (Lipinski definition) is 7. The first-order valence-electron chi connectivity index (χ1n) is 10.2. The van der Waals surface area contributed by atoms with Crippen LogP contribution >= 0.6 is 23.1 Å². The van der Waals surface area contributed by atoms with E-state index in [-0.39, 0.29) is 5.91 Å². The third-order valence-electron chi connectivity index (χ3n) is 4.80. The maximum atomic E-state index is 12.5. The van der Waals surface area contributed by atoms with Gasteiger partial charge in [0.05, 0.1) is 31.4 Å². The van der Waals surface area contributed by atoms with E-state index in [2.05, 4.69) is 22.5 Å². The van der Waals surface area contributed by atoms with E-state index in [0.29, 0.717) is 28.2 Å². The zero-order chi connectivity index (χ0) is 23.2. The molecule has 2 aromatic heterocycles. The minimum absolute atomic E-state index is 0.0752. The molecule has 1 N–H and O–H groups in total. The SMILES string of the molecule is COc1ccc(-c2csc(-n3nc(C)cc3NC(=O)CSCc3ccccc3)n2)cc1OC. The Balaban J connectivity index is 1.46. The van der Waals surface area contributed by atoms with Gasteiger partial charge < -0.3 is 14.8 Å². The molecule has 0 atom stereocenters. The molecule has 2 aromatic carbocycles. The number of benzene rings is 2. The maximum absolute atomic E-state index is 12.5. The molecule has 0 spiro atoms. The van der Waals surface area contributed by atoms with Gasteiger partial charge in [-0.05, 0) is 30.7 Å². The number of rotatable bonds is 9. The van der Waals surface area contributed by atoms with Crippen LogP contribution in [-0.4, -0.2) is 40.6 Å². The van der Waals surface area contributed by atoms with Gasteiger partial charge in [0.15, 0.2) is 11.5 Å². The highest BCUT2D eigenvalue weighted by molar-refractivity contribution is 7.99. The van der Waals surface area contributed by atoms with Crippen molar-refractivity contribution in [3.05, 3.63) is 71.2 Å². The number of ether oxygens (including phenoxy) is 2. The highest BCUT2D eigenvalue weighted by Crippen LogP contribution is 2.33. The molecule has 0 aliphatic carbocycles. The van der Waals surface area contributed by atoms with Gasteiger partial charge in [-0.2, -0.15) is 9.78 Å². The molecule has 9 heteroatoms. The number of amides is 1. The highest BCUT2D eigenvalue weighted by Gasteiger charge is 2.15. The Kier molecular flexibility index (Phi) is 7.31. The summed E-state index contributed by atoms with van der Waals surface area (Å²) in [5, 5.41) is 10.1. The summed E-state index contributed by atoms with van der Waals surface area (Å²) in [4.78, 5) is 17.3. The van der Waals surface area contributed by atoms with Crippen molar-refractivity contribution < 1.29 is 14.3 Å². The second-order valence-electron chi connectivity index (χ2n) is 7.19. The van der Waals surface area contributed by atoms with Crippen LogP contribution in [0.15, 0.2) is 60.0 Å². The Hall–Kier alpha value is -3.30. The number of thioether (sulfide) groups is 1. The van der Waals surface area contributed by atoms with Crippen LogP contribution in [-0.2, 0) is 10.5 Å². The van der Waals surface area contributed by atoms with Gasteiger partial charge in [-0.25, -0.2) is 4.98 Å². The van der Waals surface area contributed by atoms with E-state index in [4.69, 9.17) is 14.5 Å². The average Bonchev–Trinajstić information content (AvgIpc) is 3.46. The summed E-state index contributed by atoms with van der Waals surface area (Å²) in [6.45, 7) is 1.89. The van der Waals surface area contributed by atoms with Crippen molar-refractivity contribution in [1.29, 1.82) is 0 Å². The molecule has 0 unspecified atom stereocenters. The largest absolute Gasteiger partial charge is 0.493 e. The number of carbonyl (C=O) groups is 1. The van der Waals surface area contributed by atoms with Crippen molar-refractivity contribution >= 4 is 34.8 Å². The first kappa shape index (κ1) is 22.9. The Morgan fingerprint density at radius 2 is 1.88 bits per heavy atom. The summed E-state index contributed by atoms with van der Waals surface area (Å²) in [5.41, 5.74) is 3.69. The fraction of sp³-hybridized carbons (Fsp3) is 0.208. The molecular weight excluding hydrogens is 456 g/mol. The molecular formula is C24H24N4O3S2. The lowest BCUT2D eigenvalue weighted by molar-refractivity contribution is -0.113. The Bertz CT molecular complexity index is 1240. The molecule has 4 rings (SSSR count). The summed E-state index contributed by atoms with van der Waals surface area (Å²) in [7, 11) is 3.21. The van der Waals surface area contributed by atoms with Crippen LogP contribution in [0.25, 0.3) is 16.4 Å². The smallest absolute Gasteiger partial charge is 0.235 e. The number of carbonyl (C=O) groups excluding carboxylic acids is 1. The first-order valence-corrected chi connectivity index (χ1v) is 12.3. The highest BCUT2D eigenvalue weighted by atomic mass is 32.2. The number of hydrogen-bond donors (Lipinski definition) is 1. The minimum Gasteiger partial charge on any atom is -0.493 e. The maximum Gasteiger partial charge on any atom is 0.235 e. The van der Waals surface area contributed by atoms with Crippen molar-refractivity contribution in [2.45, 2.75) is 12.7 Å². The van der Waals surface area contributed by atoms with E-state index in [1.54, 1.807) is 30.7 Å². The zero-order valence-electron chi connectivity index (χ0n) is 18.6. The fourth-order valence-corrected chi connectivity index (χ4v) is 4.82. The lowest BCUT2D eigenvalue weighted by Crippen LogP contribution is -2.17. The lowest BCUT2D eigenvalue weighted by Gasteiger charge is -2.08. The number of aromatic nitrogens is 3. The van der Waals surface area contributed by atoms with Gasteiger partial charge >= 0.3 is 0 Å². The van der Waals surface area contributed by atoms with Crippen LogP contribution in [0, 0.1) is 6.92 Å². The number of methoxy groups -OCH3 is 2. The lowest BCUT2D eigenvalue weighted by atomic mass is 10.1. The quantitative estimate of drug-likeness (QED) is 0.355. The molecule has 0 saturated carbocycles. The van der Waals surface area contributed by atoms with Crippen molar-refractivity contribution in [3.8, 4) is 27.9 Å². The third-order valence-corrected chi connectivity index (χ3v) is 6.62. The Labute approximate surface area is 200 Å². The summed E-state index contributed by atoms with van der Waals surface area (Å²) in [6, 6.07) is 17.6. The number of thiazole rings is 1. The molecule has 7 nitrogen and oxygen atoms in total. The van der Waals surface area contributed by atoms with E-state index in [1.165, 1.54) is 16.9 Å². The van der Waals surface area contributed by atoms with Crippen molar-refractivity contribution in [3.63, 3.8) is 0 Å². The third kappa shape index (κ3) is 5.55. The molecule has 4 aromatic rings. The van der Waals surface area contributed by atoms with E-state index in [0.717, 1.165) is 22.7 Å².